The van der Waals surface area contributed by atoms with E-state index in [1.807, 2.05) is 4.98 Å². The van der Waals surface area contributed by atoms with Crippen molar-refractivity contribution in [2.24, 2.45) is 5.14 Å². The second-order valence-electron chi connectivity index (χ2n) is 2.89. The smallest absolute Gasteiger partial charge is 0.264 e. The number of primary sulfonamides is 1. The normalized spacial score (nSPS) is 12.1. The molecule has 1 aromatic rings. The summed E-state index contributed by atoms with van der Waals surface area (Å²) in [6.07, 6.45) is -2.92. The Balaban J connectivity index is 3.58. The van der Waals surface area contributed by atoms with Crippen LogP contribution in [-0.4, -0.2) is 13.4 Å². The number of aromatic amines is 1. The lowest BCUT2D eigenvalue weighted by atomic mass is 10.2. The van der Waals surface area contributed by atoms with E-state index < -0.39 is 32.6 Å². The maximum Gasteiger partial charge on any atom is 0.264 e. The van der Waals surface area contributed by atoms with Gasteiger partial charge >= 0.3 is 0 Å². The van der Waals surface area contributed by atoms with Gasteiger partial charge in [-0.25, -0.2) is 22.3 Å². The monoisotopic (exact) mass is 238 g/mol. The lowest BCUT2D eigenvalue weighted by Gasteiger charge is -2.05. The average Bonchev–Trinajstić information content (AvgIpc) is 2.06. The molecule has 0 aromatic carbocycles. The van der Waals surface area contributed by atoms with Gasteiger partial charge in [0, 0.05) is 11.1 Å². The van der Waals surface area contributed by atoms with E-state index in [1.54, 1.807) is 0 Å². The molecule has 0 fully saturated rings. The minimum atomic E-state index is -4.19. The Morgan fingerprint density at radius 1 is 1.47 bits per heavy atom. The second kappa shape index (κ2) is 3.70. The molecule has 0 spiro atoms. The third-order valence-corrected chi connectivity index (χ3v) is 2.67. The SMILES string of the molecule is Cc1c(C(F)F)cc(S(N)(=O)=O)[nH]c1=O. The highest BCUT2D eigenvalue weighted by Gasteiger charge is 2.18. The van der Waals surface area contributed by atoms with E-state index in [0.29, 0.717) is 6.07 Å². The lowest BCUT2D eigenvalue weighted by molar-refractivity contribution is 0.150. The van der Waals surface area contributed by atoms with Crippen LogP contribution in [0, 0.1) is 6.92 Å². The average molecular weight is 238 g/mol. The molecule has 15 heavy (non-hydrogen) atoms. The van der Waals surface area contributed by atoms with Crippen molar-refractivity contribution in [2.45, 2.75) is 18.4 Å². The molecular formula is C7H8F2N2O3S. The Bertz CT molecular complexity index is 536. The molecule has 84 valence electrons. The number of hydrogen-bond donors (Lipinski definition) is 2. The zero-order valence-electron chi connectivity index (χ0n) is 7.62. The van der Waals surface area contributed by atoms with Gasteiger partial charge in [0.1, 0.15) is 0 Å². The topological polar surface area (TPSA) is 93.0 Å². The van der Waals surface area contributed by atoms with E-state index in [2.05, 4.69) is 0 Å². The van der Waals surface area contributed by atoms with Crippen LogP contribution in [0.4, 0.5) is 8.78 Å². The zero-order valence-corrected chi connectivity index (χ0v) is 8.44. The molecule has 0 aliphatic carbocycles. The molecule has 0 unspecified atom stereocenters. The van der Waals surface area contributed by atoms with Crippen molar-refractivity contribution in [1.29, 1.82) is 0 Å². The molecule has 0 aliphatic heterocycles. The van der Waals surface area contributed by atoms with Gasteiger partial charge in [0.25, 0.3) is 22.0 Å². The molecule has 8 heteroatoms. The first-order valence-electron chi connectivity index (χ1n) is 3.78. The van der Waals surface area contributed by atoms with Crippen LogP contribution in [0.2, 0.25) is 0 Å². The second-order valence-corrected chi connectivity index (χ2v) is 4.42. The van der Waals surface area contributed by atoms with E-state index >= 15 is 0 Å². The number of alkyl halides is 2. The summed E-state index contributed by atoms with van der Waals surface area (Å²) in [5.41, 5.74) is -1.75. The summed E-state index contributed by atoms with van der Waals surface area (Å²) in [6.45, 7) is 1.17. The number of H-pyrrole nitrogens is 1. The van der Waals surface area contributed by atoms with Gasteiger partial charge in [-0.2, -0.15) is 0 Å². The van der Waals surface area contributed by atoms with Crippen LogP contribution in [0.15, 0.2) is 15.9 Å². The molecule has 3 N–H and O–H groups in total. The molecule has 0 atom stereocenters. The Kier molecular flexibility index (Phi) is 2.91. The molecule has 0 aliphatic rings. The van der Waals surface area contributed by atoms with Crippen LogP contribution in [0.5, 0.6) is 0 Å². The molecule has 0 bridgehead atoms. The fourth-order valence-corrected chi connectivity index (χ4v) is 1.53. The van der Waals surface area contributed by atoms with Crippen LogP contribution in [0.3, 0.4) is 0 Å². The molecule has 5 nitrogen and oxygen atoms in total. The summed E-state index contributed by atoms with van der Waals surface area (Å²) in [5.74, 6) is 0. The van der Waals surface area contributed by atoms with Crippen molar-refractivity contribution >= 4 is 10.0 Å². The van der Waals surface area contributed by atoms with Crippen LogP contribution in [0.1, 0.15) is 17.6 Å². The maximum absolute atomic E-state index is 12.4. The first-order valence-corrected chi connectivity index (χ1v) is 5.33. The number of halogens is 2. The number of nitrogens with two attached hydrogens (primary N) is 1. The van der Waals surface area contributed by atoms with Gasteiger partial charge in [-0.05, 0) is 13.0 Å². The Morgan fingerprint density at radius 2 is 2.00 bits per heavy atom. The Labute approximate surface area is 84.0 Å². The van der Waals surface area contributed by atoms with Gasteiger partial charge in [-0.15, -0.1) is 0 Å². The number of aromatic nitrogens is 1. The molecular weight excluding hydrogens is 230 g/mol. The quantitative estimate of drug-likeness (QED) is 0.774. The summed E-state index contributed by atoms with van der Waals surface area (Å²) in [4.78, 5) is 13.0. The van der Waals surface area contributed by atoms with Crippen molar-refractivity contribution in [2.75, 3.05) is 0 Å². The van der Waals surface area contributed by atoms with Gasteiger partial charge in [-0.3, -0.25) is 4.79 Å². The summed E-state index contributed by atoms with van der Waals surface area (Å²) >= 11 is 0. The molecule has 0 amide bonds. The first-order chi connectivity index (χ1) is 6.73. The molecule has 1 heterocycles. The van der Waals surface area contributed by atoms with Gasteiger partial charge in [-0.1, -0.05) is 0 Å². The third kappa shape index (κ3) is 2.39. The van der Waals surface area contributed by atoms with Gasteiger partial charge in [0.2, 0.25) is 0 Å². The van der Waals surface area contributed by atoms with E-state index in [4.69, 9.17) is 5.14 Å². The minimum absolute atomic E-state index is 0.225. The third-order valence-electron chi connectivity index (χ3n) is 1.84. The van der Waals surface area contributed by atoms with E-state index in [-0.39, 0.29) is 5.56 Å². The van der Waals surface area contributed by atoms with Crippen molar-refractivity contribution < 1.29 is 17.2 Å². The van der Waals surface area contributed by atoms with Crippen molar-refractivity contribution in [3.63, 3.8) is 0 Å². The minimum Gasteiger partial charge on any atom is -0.312 e. The highest BCUT2D eigenvalue weighted by Crippen LogP contribution is 2.21. The van der Waals surface area contributed by atoms with Crippen LogP contribution in [-0.2, 0) is 10.0 Å². The summed E-state index contributed by atoms with van der Waals surface area (Å²) < 4.78 is 46.4. The number of hydrogen-bond acceptors (Lipinski definition) is 3. The molecule has 1 rings (SSSR count). The molecule has 0 radical (unpaired) electrons. The molecule has 0 saturated heterocycles. The Morgan fingerprint density at radius 3 is 2.40 bits per heavy atom. The fourth-order valence-electron chi connectivity index (χ4n) is 1.00. The molecule has 0 saturated carbocycles. The van der Waals surface area contributed by atoms with E-state index in [9.17, 15) is 22.0 Å². The van der Waals surface area contributed by atoms with Gasteiger partial charge < -0.3 is 4.98 Å². The lowest BCUT2D eigenvalue weighted by Crippen LogP contribution is -2.21. The summed E-state index contributed by atoms with van der Waals surface area (Å²) in [5, 5.41) is 3.99. The highest BCUT2D eigenvalue weighted by molar-refractivity contribution is 7.89. The number of rotatable bonds is 2. The van der Waals surface area contributed by atoms with E-state index in [0.717, 1.165) is 0 Å². The predicted molar refractivity (Wildman–Crippen MR) is 48.1 cm³/mol. The summed E-state index contributed by atoms with van der Waals surface area (Å²) in [7, 11) is -4.19. The zero-order chi connectivity index (χ0) is 11.8. The first kappa shape index (κ1) is 11.8. The van der Waals surface area contributed by atoms with Crippen LogP contribution >= 0.6 is 0 Å². The number of pyridine rings is 1. The maximum atomic E-state index is 12.4. The largest absolute Gasteiger partial charge is 0.312 e. The van der Waals surface area contributed by atoms with Crippen molar-refractivity contribution in [3.8, 4) is 0 Å². The molecule has 1 aromatic heterocycles. The predicted octanol–water partition coefficient (Wildman–Crippen LogP) is 0.268. The van der Waals surface area contributed by atoms with E-state index in [1.165, 1.54) is 6.92 Å². The number of sulfonamides is 1. The van der Waals surface area contributed by atoms with Gasteiger partial charge in [0.05, 0.1) is 0 Å². The number of nitrogens with one attached hydrogen (secondary N) is 1. The highest BCUT2D eigenvalue weighted by atomic mass is 32.2. The van der Waals surface area contributed by atoms with Crippen molar-refractivity contribution in [3.05, 3.63) is 27.5 Å². The summed E-state index contributed by atoms with van der Waals surface area (Å²) in [6, 6.07) is 0.663. The Hall–Kier alpha value is -1.28. The van der Waals surface area contributed by atoms with Crippen LogP contribution < -0.4 is 10.7 Å². The standard InChI is InChI=1S/C7H8F2N2O3S/c1-3-4(6(8)9)2-5(11-7(3)12)15(10,13)14/h2,6H,1H3,(H,11,12)(H2,10,13,14). The van der Waals surface area contributed by atoms with Crippen molar-refractivity contribution in [1.82, 2.24) is 4.98 Å². The fraction of sp³-hybridized carbons (Fsp3) is 0.286. The van der Waals surface area contributed by atoms with Crippen LogP contribution in [0.25, 0.3) is 0 Å². The van der Waals surface area contributed by atoms with Gasteiger partial charge in [0.15, 0.2) is 5.03 Å².